The quantitative estimate of drug-likeness (QED) is 0.626. The first-order valence-electron chi connectivity index (χ1n) is 7.03. The number of nitrogens with zero attached hydrogens (tertiary/aromatic N) is 1. The lowest BCUT2D eigenvalue weighted by Gasteiger charge is -2.26. The normalized spacial score (nSPS) is 28.0. The Kier molecular flexibility index (Phi) is 4.05. The van der Waals surface area contributed by atoms with Gasteiger partial charge in [-0.3, -0.25) is 0 Å². The van der Waals surface area contributed by atoms with Crippen molar-refractivity contribution in [2.75, 3.05) is 0 Å². The summed E-state index contributed by atoms with van der Waals surface area (Å²) in [6.45, 7) is 2.25. The molecular weight excluding hydrogens is 206 g/mol. The Morgan fingerprint density at radius 3 is 2.53 bits per heavy atom. The van der Waals surface area contributed by atoms with E-state index in [0.717, 1.165) is 25.7 Å². The lowest BCUT2D eigenvalue weighted by molar-refractivity contribution is 0.339. The molecule has 0 spiro atoms. The van der Waals surface area contributed by atoms with Crippen LogP contribution >= 0.6 is 0 Å². The van der Waals surface area contributed by atoms with Crippen LogP contribution in [0, 0.1) is 22.7 Å². The molecule has 17 heavy (non-hydrogen) atoms. The molecule has 1 nitrogen and oxygen atoms in total. The second-order valence-corrected chi connectivity index (χ2v) is 5.83. The standard InChI is InChI=1S/C16H23N/c1-14-6-8-15(9-7-14)12-16(13-17)10-4-2-3-5-11-16/h6,8-9,14H,2-5,7,10-12H2,1H3. The molecule has 0 aromatic heterocycles. The maximum Gasteiger partial charge on any atom is 0.0693 e. The monoisotopic (exact) mass is 229 g/mol. The van der Waals surface area contributed by atoms with Crippen LogP contribution in [-0.2, 0) is 0 Å². The van der Waals surface area contributed by atoms with E-state index in [1.165, 1.54) is 31.3 Å². The van der Waals surface area contributed by atoms with E-state index in [1.54, 1.807) is 0 Å². The highest BCUT2D eigenvalue weighted by Gasteiger charge is 2.31. The fourth-order valence-electron chi connectivity index (χ4n) is 3.03. The Labute approximate surface area is 105 Å². The SMILES string of the molecule is CC1C=CC(CC2(C#N)CCCCCC2)=CC1. The molecule has 1 saturated carbocycles. The summed E-state index contributed by atoms with van der Waals surface area (Å²) in [6.07, 6.45) is 16.3. The first kappa shape index (κ1) is 12.4. The van der Waals surface area contributed by atoms with Gasteiger partial charge in [-0.2, -0.15) is 5.26 Å². The summed E-state index contributed by atoms with van der Waals surface area (Å²) >= 11 is 0. The van der Waals surface area contributed by atoms with Crippen molar-refractivity contribution in [2.45, 2.75) is 58.3 Å². The van der Waals surface area contributed by atoms with Gasteiger partial charge >= 0.3 is 0 Å². The predicted molar refractivity (Wildman–Crippen MR) is 71.4 cm³/mol. The fourth-order valence-corrected chi connectivity index (χ4v) is 3.03. The predicted octanol–water partition coefficient (Wildman–Crippen LogP) is 4.76. The number of hydrogen-bond acceptors (Lipinski definition) is 1. The van der Waals surface area contributed by atoms with Crippen molar-refractivity contribution in [1.82, 2.24) is 0 Å². The maximum atomic E-state index is 9.55. The Balaban J connectivity index is 2.04. The van der Waals surface area contributed by atoms with E-state index in [0.29, 0.717) is 5.92 Å². The van der Waals surface area contributed by atoms with Gasteiger partial charge in [0, 0.05) is 0 Å². The molecule has 1 atom stereocenters. The summed E-state index contributed by atoms with van der Waals surface area (Å²) in [5.41, 5.74) is 1.33. The molecule has 92 valence electrons. The second kappa shape index (κ2) is 5.54. The van der Waals surface area contributed by atoms with Gasteiger partial charge in [0.05, 0.1) is 11.5 Å². The molecule has 0 bridgehead atoms. The van der Waals surface area contributed by atoms with Gasteiger partial charge in [0.15, 0.2) is 0 Å². The third-order valence-corrected chi connectivity index (χ3v) is 4.23. The number of nitriles is 1. The molecule has 0 aromatic carbocycles. The summed E-state index contributed by atoms with van der Waals surface area (Å²) in [5.74, 6) is 0.672. The smallest absolute Gasteiger partial charge is 0.0693 e. The van der Waals surface area contributed by atoms with Crippen LogP contribution in [0.25, 0.3) is 0 Å². The zero-order chi connectivity index (χ0) is 12.1. The largest absolute Gasteiger partial charge is 0.198 e. The average molecular weight is 229 g/mol. The third kappa shape index (κ3) is 3.22. The van der Waals surface area contributed by atoms with E-state index in [4.69, 9.17) is 0 Å². The summed E-state index contributed by atoms with van der Waals surface area (Å²) < 4.78 is 0. The molecule has 0 aromatic rings. The van der Waals surface area contributed by atoms with Crippen LogP contribution in [0.4, 0.5) is 0 Å². The summed E-state index contributed by atoms with van der Waals surface area (Å²) in [6, 6.07) is 2.64. The Hall–Kier alpha value is -1.03. The van der Waals surface area contributed by atoms with Gasteiger partial charge in [-0.15, -0.1) is 0 Å². The minimum atomic E-state index is -0.0623. The highest BCUT2D eigenvalue weighted by atomic mass is 14.4. The number of rotatable bonds is 2. The van der Waals surface area contributed by atoms with Crippen LogP contribution in [0.15, 0.2) is 23.8 Å². The van der Waals surface area contributed by atoms with Crippen LogP contribution in [0.2, 0.25) is 0 Å². The Bertz CT molecular complexity index is 348. The summed E-state index contributed by atoms with van der Waals surface area (Å²) in [5, 5.41) is 9.55. The molecule has 2 aliphatic carbocycles. The van der Waals surface area contributed by atoms with Gasteiger partial charge in [0.25, 0.3) is 0 Å². The molecule has 0 saturated heterocycles. The van der Waals surface area contributed by atoms with Gasteiger partial charge in [-0.1, -0.05) is 56.4 Å². The van der Waals surface area contributed by atoms with E-state index < -0.39 is 0 Å². The van der Waals surface area contributed by atoms with Gasteiger partial charge in [-0.05, 0) is 31.6 Å². The molecule has 1 unspecified atom stereocenters. The van der Waals surface area contributed by atoms with Crippen LogP contribution in [0.1, 0.15) is 58.3 Å². The lowest BCUT2D eigenvalue weighted by atomic mass is 9.75. The van der Waals surface area contributed by atoms with Crippen LogP contribution in [0.3, 0.4) is 0 Å². The van der Waals surface area contributed by atoms with E-state index >= 15 is 0 Å². The van der Waals surface area contributed by atoms with Gasteiger partial charge in [-0.25, -0.2) is 0 Å². The molecular formula is C16H23N. The first-order valence-corrected chi connectivity index (χ1v) is 7.03. The summed E-state index contributed by atoms with van der Waals surface area (Å²) in [7, 11) is 0. The van der Waals surface area contributed by atoms with Gasteiger partial charge in [0.2, 0.25) is 0 Å². The zero-order valence-electron chi connectivity index (χ0n) is 10.9. The molecule has 0 radical (unpaired) electrons. The fraction of sp³-hybridized carbons (Fsp3) is 0.688. The van der Waals surface area contributed by atoms with Crippen molar-refractivity contribution >= 4 is 0 Å². The Morgan fingerprint density at radius 2 is 2.00 bits per heavy atom. The molecule has 2 rings (SSSR count). The highest BCUT2D eigenvalue weighted by molar-refractivity contribution is 5.26. The van der Waals surface area contributed by atoms with Crippen molar-refractivity contribution in [3.63, 3.8) is 0 Å². The minimum Gasteiger partial charge on any atom is -0.198 e. The van der Waals surface area contributed by atoms with Crippen LogP contribution < -0.4 is 0 Å². The van der Waals surface area contributed by atoms with Crippen molar-refractivity contribution in [1.29, 1.82) is 5.26 Å². The van der Waals surface area contributed by atoms with Crippen molar-refractivity contribution in [3.05, 3.63) is 23.8 Å². The molecule has 1 fully saturated rings. The molecule has 0 N–H and O–H groups in total. The van der Waals surface area contributed by atoms with Gasteiger partial charge < -0.3 is 0 Å². The van der Waals surface area contributed by atoms with E-state index in [2.05, 4.69) is 31.2 Å². The summed E-state index contributed by atoms with van der Waals surface area (Å²) in [4.78, 5) is 0. The zero-order valence-corrected chi connectivity index (χ0v) is 10.9. The molecule has 2 aliphatic rings. The highest BCUT2D eigenvalue weighted by Crippen LogP contribution is 2.40. The van der Waals surface area contributed by atoms with E-state index in [9.17, 15) is 5.26 Å². The molecule has 0 aliphatic heterocycles. The first-order chi connectivity index (χ1) is 8.24. The number of hydrogen-bond donors (Lipinski definition) is 0. The van der Waals surface area contributed by atoms with E-state index in [1.807, 2.05) is 0 Å². The van der Waals surface area contributed by atoms with Crippen molar-refractivity contribution in [2.24, 2.45) is 11.3 Å². The van der Waals surface area contributed by atoms with Gasteiger partial charge in [0.1, 0.15) is 0 Å². The maximum absolute atomic E-state index is 9.55. The topological polar surface area (TPSA) is 23.8 Å². The van der Waals surface area contributed by atoms with E-state index in [-0.39, 0.29) is 5.41 Å². The van der Waals surface area contributed by atoms with Crippen molar-refractivity contribution < 1.29 is 0 Å². The number of allylic oxidation sites excluding steroid dienone is 4. The Morgan fingerprint density at radius 1 is 1.29 bits per heavy atom. The molecule has 0 amide bonds. The average Bonchev–Trinajstić information content (AvgIpc) is 2.58. The minimum absolute atomic E-state index is 0.0623. The molecule has 1 heteroatoms. The second-order valence-electron chi connectivity index (χ2n) is 5.83. The van der Waals surface area contributed by atoms with Crippen LogP contribution in [-0.4, -0.2) is 0 Å². The third-order valence-electron chi connectivity index (χ3n) is 4.23. The van der Waals surface area contributed by atoms with Crippen LogP contribution in [0.5, 0.6) is 0 Å². The lowest BCUT2D eigenvalue weighted by Crippen LogP contribution is -2.18. The molecule has 0 heterocycles. The van der Waals surface area contributed by atoms with Crippen molar-refractivity contribution in [3.8, 4) is 6.07 Å².